The van der Waals surface area contributed by atoms with E-state index in [1.54, 1.807) is 6.07 Å². The molecule has 0 saturated heterocycles. The van der Waals surface area contributed by atoms with Gasteiger partial charge in [-0.3, -0.25) is 0 Å². The van der Waals surface area contributed by atoms with Crippen LogP contribution in [0.3, 0.4) is 0 Å². The Morgan fingerprint density at radius 3 is 2.50 bits per heavy atom. The number of carbonyl (C=O) groups is 1. The van der Waals surface area contributed by atoms with Crippen molar-refractivity contribution in [3.8, 4) is 17.0 Å². The number of halogens is 3. The molecule has 0 aliphatic heterocycles. The molecule has 192 valence electrons. The second-order valence-corrected chi connectivity index (χ2v) is 8.17. The van der Waals surface area contributed by atoms with E-state index in [-0.39, 0.29) is 60.1 Å². The second kappa shape index (κ2) is 13.1. The normalized spacial score (nSPS) is 11.4. The van der Waals surface area contributed by atoms with Crippen molar-refractivity contribution in [3.05, 3.63) is 65.7 Å². The van der Waals surface area contributed by atoms with Gasteiger partial charge in [-0.15, -0.1) is 0 Å². The molecule has 0 atom stereocenters. The van der Waals surface area contributed by atoms with E-state index < -0.39 is 17.1 Å². The summed E-state index contributed by atoms with van der Waals surface area (Å²) in [4.78, 5) is 27.3. The van der Waals surface area contributed by atoms with Crippen LogP contribution in [0.15, 0.2) is 69.4 Å². The zero-order chi connectivity index (χ0) is 26.0. The summed E-state index contributed by atoms with van der Waals surface area (Å²) in [6, 6.07) is 8.65. The Hall–Kier alpha value is -3.35. The highest BCUT2D eigenvalue weighted by Gasteiger charge is 2.29. The van der Waals surface area contributed by atoms with Gasteiger partial charge in [0.1, 0.15) is 13.2 Å². The van der Waals surface area contributed by atoms with Gasteiger partial charge in [0.25, 0.3) is 0 Å². The van der Waals surface area contributed by atoms with Crippen LogP contribution in [0.25, 0.3) is 22.1 Å². The first-order valence-corrected chi connectivity index (χ1v) is 11.4. The fourth-order valence-electron chi connectivity index (χ4n) is 2.93. The molecule has 0 amide bonds. The summed E-state index contributed by atoms with van der Waals surface area (Å²) in [7, 11) is 0. The summed E-state index contributed by atoms with van der Waals surface area (Å²) >= 11 is -0.261. The van der Waals surface area contributed by atoms with Gasteiger partial charge in [-0.05, 0) is 35.5 Å². The van der Waals surface area contributed by atoms with E-state index in [1.807, 2.05) is 0 Å². The van der Waals surface area contributed by atoms with Gasteiger partial charge in [-0.25, -0.2) is 14.6 Å². The van der Waals surface area contributed by atoms with Gasteiger partial charge in [0.05, 0.1) is 38.2 Å². The molecule has 0 bridgehead atoms. The molecule has 0 aliphatic rings. The van der Waals surface area contributed by atoms with Gasteiger partial charge < -0.3 is 23.4 Å². The molecule has 0 spiro atoms. The number of fused-ring (bicyclic) bond motifs is 1. The average Bonchev–Trinajstić information content (AvgIpc) is 2.83. The van der Waals surface area contributed by atoms with E-state index in [0.29, 0.717) is 24.2 Å². The predicted molar refractivity (Wildman–Crippen MR) is 126 cm³/mol. The molecule has 3 rings (SSSR count). The number of aromatic nitrogens is 1. The summed E-state index contributed by atoms with van der Waals surface area (Å²) in [5.41, 5.74) is -4.50. The lowest BCUT2D eigenvalue weighted by atomic mass is 10.1. The standard InChI is InChI=1S/C24H22F3NO7S/c1-2-22(29)34-11-9-32-7-6-31-8-10-33-21-14-17-13-19(23(30)35-20(17)15-28-21)16-4-3-5-18(12-16)36-24(25,26)27/h2-5,12-15H,1,6-11H2. The number of alkyl halides is 3. The van der Waals surface area contributed by atoms with Crippen LogP contribution in [0.2, 0.25) is 0 Å². The predicted octanol–water partition coefficient (Wildman–Crippen LogP) is 4.61. The molecule has 12 heteroatoms. The Morgan fingerprint density at radius 1 is 1.06 bits per heavy atom. The zero-order valence-electron chi connectivity index (χ0n) is 18.9. The zero-order valence-corrected chi connectivity index (χ0v) is 19.7. The highest BCUT2D eigenvalue weighted by atomic mass is 32.2. The maximum atomic E-state index is 12.7. The lowest BCUT2D eigenvalue weighted by Crippen LogP contribution is -2.13. The van der Waals surface area contributed by atoms with E-state index in [9.17, 15) is 22.8 Å². The van der Waals surface area contributed by atoms with Crippen molar-refractivity contribution >= 4 is 28.7 Å². The molecule has 0 saturated carbocycles. The van der Waals surface area contributed by atoms with E-state index in [2.05, 4.69) is 11.6 Å². The van der Waals surface area contributed by atoms with Gasteiger partial charge in [-0.1, -0.05) is 18.7 Å². The fourth-order valence-corrected chi connectivity index (χ4v) is 3.53. The van der Waals surface area contributed by atoms with Crippen LogP contribution in [0, 0.1) is 0 Å². The monoisotopic (exact) mass is 525 g/mol. The topological polar surface area (TPSA) is 97.1 Å². The number of ether oxygens (including phenoxy) is 4. The molecule has 0 radical (unpaired) electrons. The first kappa shape index (κ1) is 27.2. The largest absolute Gasteiger partial charge is 0.475 e. The number of rotatable bonds is 13. The van der Waals surface area contributed by atoms with Gasteiger partial charge in [0.2, 0.25) is 5.88 Å². The number of carbonyl (C=O) groups excluding carboxylic acids is 1. The van der Waals surface area contributed by atoms with Crippen molar-refractivity contribution in [1.82, 2.24) is 4.98 Å². The molecule has 0 fully saturated rings. The number of esters is 1. The molecular formula is C24H22F3NO7S. The van der Waals surface area contributed by atoms with Crippen LogP contribution in [0.4, 0.5) is 13.2 Å². The molecule has 2 heterocycles. The Balaban J connectivity index is 1.52. The minimum Gasteiger partial charge on any atom is -0.475 e. The van der Waals surface area contributed by atoms with E-state index in [4.69, 9.17) is 23.4 Å². The molecule has 0 unspecified atom stereocenters. The van der Waals surface area contributed by atoms with E-state index in [1.165, 1.54) is 36.5 Å². The van der Waals surface area contributed by atoms with Crippen LogP contribution in [-0.2, 0) is 19.0 Å². The van der Waals surface area contributed by atoms with E-state index >= 15 is 0 Å². The van der Waals surface area contributed by atoms with Crippen LogP contribution in [0.1, 0.15) is 0 Å². The Kier molecular flexibility index (Phi) is 9.91. The van der Waals surface area contributed by atoms with Crippen molar-refractivity contribution < 1.29 is 41.3 Å². The Labute approximate surface area is 208 Å². The summed E-state index contributed by atoms with van der Waals surface area (Å²) in [5.74, 6) is -0.255. The summed E-state index contributed by atoms with van der Waals surface area (Å²) in [6.07, 6.45) is 2.40. The number of pyridine rings is 1. The maximum absolute atomic E-state index is 12.7. The molecular weight excluding hydrogens is 503 g/mol. The summed E-state index contributed by atoms with van der Waals surface area (Å²) in [5, 5.41) is 0.495. The van der Waals surface area contributed by atoms with Crippen molar-refractivity contribution in [3.63, 3.8) is 0 Å². The molecule has 3 aromatic rings. The third kappa shape index (κ3) is 8.70. The highest BCUT2D eigenvalue weighted by molar-refractivity contribution is 8.00. The molecule has 0 aliphatic carbocycles. The Bertz CT molecular complexity index is 1250. The van der Waals surface area contributed by atoms with Gasteiger partial charge in [0.15, 0.2) is 5.58 Å². The quantitative estimate of drug-likeness (QED) is 0.137. The summed E-state index contributed by atoms with van der Waals surface area (Å²) in [6.45, 7) is 4.72. The second-order valence-electron chi connectivity index (χ2n) is 7.03. The number of nitrogens with zero attached hydrogens (tertiary/aromatic N) is 1. The minimum atomic E-state index is -4.44. The third-order valence-electron chi connectivity index (χ3n) is 4.46. The van der Waals surface area contributed by atoms with Gasteiger partial charge in [0, 0.05) is 22.4 Å². The molecule has 1 aromatic carbocycles. The number of hydrogen-bond donors (Lipinski definition) is 0. The first-order valence-electron chi connectivity index (χ1n) is 10.6. The number of thioether (sulfide) groups is 1. The third-order valence-corrected chi connectivity index (χ3v) is 5.18. The minimum absolute atomic E-state index is 0.0419. The smallest absolute Gasteiger partial charge is 0.446 e. The van der Waals surface area contributed by atoms with Crippen LogP contribution in [-0.4, -0.2) is 56.1 Å². The van der Waals surface area contributed by atoms with Crippen LogP contribution >= 0.6 is 11.8 Å². The highest BCUT2D eigenvalue weighted by Crippen LogP contribution is 2.38. The van der Waals surface area contributed by atoms with Crippen LogP contribution < -0.4 is 10.4 Å². The van der Waals surface area contributed by atoms with Crippen molar-refractivity contribution in [2.24, 2.45) is 0 Å². The maximum Gasteiger partial charge on any atom is 0.446 e. The Morgan fingerprint density at radius 2 is 1.78 bits per heavy atom. The molecule has 0 N–H and O–H groups in total. The average molecular weight is 526 g/mol. The van der Waals surface area contributed by atoms with Gasteiger partial charge >= 0.3 is 17.1 Å². The van der Waals surface area contributed by atoms with Crippen molar-refractivity contribution in [1.29, 1.82) is 0 Å². The summed E-state index contributed by atoms with van der Waals surface area (Å²) < 4.78 is 64.4. The van der Waals surface area contributed by atoms with Crippen molar-refractivity contribution in [2.75, 3.05) is 39.6 Å². The first-order chi connectivity index (χ1) is 17.2. The fraction of sp³-hybridized carbons (Fsp3) is 0.292. The number of hydrogen-bond acceptors (Lipinski definition) is 9. The lowest BCUT2D eigenvalue weighted by molar-refractivity contribution is -0.139. The van der Waals surface area contributed by atoms with Crippen LogP contribution in [0.5, 0.6) is 5.88 Å². The van der Waals surface area contributed by atoms with Gasteiger partial charge in [-0.2, -0.15) is 13.2 Å². The molecule has 36 heavy (non-hydrogen) atoms. The lowest BCUT2D eigenvalue weighted by Gasteiger charge is -2.09. The number of benzene rings is 1. The van der Waals surface area contributed by atoms with E-state index in [0.717, 1.165) is 6.08 Å². The SMILES string of the molecule is C=CC(=O)OCCOCCOCCOc1cc2cc(-c3cccc(SC(F)(F)F)c3)c(=O)oc2cn1. The van der Waals surface area contributed by atoms with Crippen molar-refractivity contribution in [2.45, 2.75) is 10.4 Å². The molecule has 2 aromatic heterocycles. The molecule has 8 nitrogen and oxygen atoms in total.